The SMILES string of the molecule is CCC(=O)Nc1ccc(SCCCN(C)CCc2ccccc2)cc1. The van der Waals surface area contributed by atoms with E-state index in [1.54, 1.807) is 0 Å². The largest absolute Gasteiger partial charge is 0.326 e. The molecule has 2 aromatic rings. The van der Waals surface area contributed by atoms with Crippen LogP contribution < -0.4 is 5.32 Å². The summed E-state index contributed by atoms with van der Waals surface area (Å²) in [7, 11) is 2.19. The number of rotatable bonds is 10. The molecule has 0 atom stereocenters. The Kier molecular flexibility index (Phi) is 8.56. The minimum atomic E-state index is 0.0546. The van der Waals surface area contributed by atoms with E-state index in [1.165, 1.54) is 16.9 Å². The Labute approximate surface area is 155 Å². The molecule has 1 N–H and O–H groups in total. The van der Waals surface area contributed by atoms with Crippen LogP contribution in [0.15, 0.2) is 59.5 Å². The highest BCUT2D eigenvalue weighted by atomic mass is 32.2. The van der Waals surface area contributed by atoms with Crippen molar-refractivity contribution in [1.29, 1.82) is 0 Å². The van der Waals surface area contributed by atoms with E-state index < -0.39 is 0 Å². The maximum Gasteiger partial charge on any atom is 0.224 e. The molecule has 0 fully saturated rings. The molecule has 0 saturated heterocycles. The van der Waals surface area contributed by atoms with Crippen LogP contribution in [0.2, 0.25) is 0 Å². The van der Waals surface area contributed by atoms with Crippen molar-refractivity contribution in [3.63, 3.8) is 0 Å². The maximum atomic E-state index is 11.4. The van der Waals surface area contributed by atoms with Gasteiger partial charge in [0.2, 0.25) is 5.91 Å². The Morgan fingerprint density at radius 1 is 1.04 bits per heavy atom. The smallest absolute Gasteiger partial charge is 0.224 e. The van der Waals surface area contributed by atoms with Crippen molar-refractivity contribution < 1.29 is 4.79 Å². The summed E-state index contributed by atoms with van der Waals surface area (Å²) in [4.78, 5) is 15.0. The standard InChI is InChI=1S/C21H28N2OS/c1-3-21(24)22-19-10-12-20(13-11-19)25-17-7-15-23(2)16-14-18-8-5-4-6-9-18/h4-6,8-13H,3,7,14-17H2,1-2H3,(H,22,24). The first-order valence-corrected chi connectivity index (χ1v) is 9.91. The van der Waals surface area contributed by atoms with E-state index in [0.717, 1.165) is 31.0 Å². The number of carbonyl (C=O) groups excluding carboxylic acids is 1. The number of nitrogens with zero attached hydrogens (tertiary/aromatic N) is 1. The molecule has 0 spiro atoms. The number of hydrogen-bond acceptors (Lipinski definition) is 3. The van der Waals surface area contributed by atoms with Crippen LogP contribution in [0.4, 0.5) is 5.69 Å². The molecular weight excluding hydrogens is 328 g/mol. The minimum Gasteiger partial charge on any atom is -0.326 e. The van der Waals surface area contributed by atoms with Gasteiger partial charge in [-0.1, -0.05) is 37.3 Å². The van der Waals surface area contributed by atoms with Crippen molar-refractivity contribution in [3.8, 4) is 0 Å². The lowest BCUT2D eigenvalue weighted by Crippen LogP contribution is -2.22. The van der Waals surface area contributed by atoms with E-state index in [2.05, 4.69) is 59.7 Å². The van der Waals surface area contributed by atoms with E-state index >= 15 is 0 Å². The number of hydrogen-bond donors (Lipinski definition) is 1. The Hall–Kier alpha value is -1.78. The molecule has 0 aliphatic rings. The number of likely N-dealkylation sites (N-methyl/N-ethyl adjacent to an activating group) is 1. The minimum absolute atomic E-state index is 0.0546. The summed E-state index contributed by atoms with van der Waals surface area (Å²) < 4.78 is 0. The van der Waals surface area contributed by atoms with Crippen LogP contribution in [0.5, 0.6) is 0 Å². The highest BCUT2D eigenvalue weighted by molar-refractivity contribution is 7.99. The van der Waals surface area contributed by atoms with Gasteiger partial charge in [0.25, 0.3) is 0 Å². The van der Waals surface area contributed by atoms with E-state index in [-0.39, 0.29) is 5.91 Å². The van der Waals surface area contributed by atoms with Gasteiger partial charge in [-0.3, -0.25) is 4.79 Å². The molecule has 0 aromatic heterocycles. The monoisotopic (exact) mass is 356 g/mol. The van der Waals surface area contributed by atoms with Crippen molar-refractivity contribution >= 4 is 23.4 Å². The third kappa shape index (κ3) is 7.76. The lowest BCUT2D eigenvalue weighted by atomic mass is 10.1. The van der Waals surface area contributed by atoms with Crippen molar-refractivity contribution in [2.75, 3.05) is 31.2 Å². The summed E-state index contributed by atoms with van der Waals surface area (Å²) in [6.07, 6.45) is 2.79. The summed E-state index contributed by atoms with van der Waals surface area (Å²) >= 11 is 1.87. The van der Waals surface area contributed by atoms with Gasteiger partial charge in [0.05, 0.1) is 0 Å². The fraction of sp³-hybridized carbons (Fsp3) is 0.381. The Balaban J connectivity index is 1.61. The fourth-order valence-corrected chi connectivity index (χ4v) is 3.32. The van der Waals surface area contributed by atoms with Crippen LogP contribution in [-0.4, -0.2) is 36.7 Å². The number of amides is 1. The van der Waals surface area contributed by atoms with Crippen molar-refractivity contribution in [2.45, 2.75) is 31.1 Å². The molecule has 0 unspecified atom stereocenters. The van der Waals surface area contributed by atoms with Crippen LogP contribution in [0.25, 0.3) is 0 Å². The zero-order valence-electron chi connectivity index (χ0n) is 15.2. The zero-order valence-corrected chi connectivity index (χ0v) is 16.0. The zero-order chi connectivity index (χ0) is 17.9. The highest BCUT2D eigenvalue weighted by Crippen LogP contribution is 2.21. The lowest BCUT2D eigenvalue weighted by Gasteiger charge is -2.16. The van der Waals surface area contributed by atoms with E-state index in [1.807, 2.05) is 30.8 Å². The topological polar surface area (TPSA) is 32.3 Å². The van der Waals surface area contributed by atoms with Gasteiger partial charge in [-0.05, 0) is 62.0 Å². The third-order valence-electron chi connectivity index (χ3n) is 4.04. The average Bonchev–Trinajstić information content (AvgIpc) is 2.65. The predicted molar refractivity (Wildman–Crippen MR) is 108 cm³/mol. The number of nitrogens with one attached hydrogen (secondary N) is 1. The van der Waals surface area contributed by atoms with E-state index in [4.69, 9.17) is 0 Å². The van der Waals surface area contributed by atoms with Gasteiger partial charge in [-0.2, -0.15) is 0 Å². The molecule has 4 heteroatoms. The summed E-state index contributed by atoms with van der Waals surface area (Å²) in [5, 5.41) is 2.87. The maximum absolute atomic E-state index is 11.4. The molecule has 0 aliphatic heterocycles. The van der Waals surface area contributed by atoms with Crippen LogP contribution >= 0.6 is 11.8 Å². The van der Waals surface area contributed by atoms with Gasteiger partial charge in [0, 0.05) is 23.5 Å². The molecule has 0 aliphatic carbocycles. The summed E-state index contributed by atoms with van der Waals surface area (Å²) in [5.74, 6) is 1.16. The van der Waals surface area contributed by atoms with Crippen LogP contribution in [0.3, 0.4) is 0 Å². The normalized spacial score (nSPS) is 10.8. The average molecular weight is 357 g/mol. The summed E-state index contributed by atoms with van der Waals surface area (Å²) in [5.41, 5.74) is 2.27. The van der Waals surface area contributed by atoms with Gasteiger partial charge in [-0.25, -0.2) is 0 Å². The van der Waals surface area contributed by atoms with E-state index in [9.17, 15) is 4.79 Å². The Morgan fingerprint density at radius 3 is 2.44 bits per heavy atom. The predicted octanol–water partition coefficient (Wildman–Crippen LogP) is 4.69. The third-order valence-corrected chi connectivity index (χ3v) is 5.14. The molecule has 0 radical (unpaired) electrons. The molecule has 25 heavy (non-hydrogen) atoms. The molecule has 134 valence electrons. The van der Waals surface area contributed by atoms with Crippen molar-refractivity contribution in [2.24, 2.45) is 0 Å². The van der Waals surface area contributed by atoms with Crippen LogP contribution in [-0.2, 0) is 11.2 Å². The molecule has 2 aromatic carbocycles. The Morgan fingerprint density at radius 2 is 1.76 bits per heavy atom. The fourth-order valence-electron chi connectivity index (χ4n) is 2.48. The van der Waals surface area contributed by atoms with Gasteiger partial charge in [0.15, 0.2) is 0 Å². The molecular formula is C21H28N2OS. The van der Waals surface area contributed by atoms with Gasteiger partial charge in [0.1, 0.15) is 0 Å². The second-order valence-corrected chi connectivity index (χ2v) is 7.34. The van der Waals surface area contributed by atoms with Crippen LogP contribution in [0, 0.1) is 0 Å². The summed E-state index contributed by atoms with van der Waals surface area (Å²) in [6, 6.07) is 18.8. The number of carbonyl (C=O) groups is 1. The molecule has 3 nitrogen and oxygen atoms in total. The number of thioether (sulfide) groups is 1. The van der Waals surface area contributed by atoms with Gasteiger partial charge >= 0.3 is 0 Å². The first-order chi connectivity index (χ1) is 12.2. The number of anilines is 1. The van der Waals surface area contributed by atoms with Crippen molar-refractivity contribution in [3.05, 3.63) is 60.2 Å². The van der Waals surface area contributed by atoms with E-state index in [0.29, 0.717) is 6.42 Å². The molecule has 2 rings (SSSR count). The second-order valence-electron chi connectivity index (χ2n) is 6.17. The van der Waals surface area contributed by atoms with Gasteiger partial charge in [-0.15, -0.1) is 11.8 Å². The molecule has 1 amide bonds. The molecule has 0 saturated carbocycles. The van der Waals surface area contributed by atoms with Gasteiger partial charge < -0.3 is 10.2 Å². The molecule has 0 heterocycles. The number of benzene rings is 2. The van der Waals surface area contributed by atoms with Crippen molar-refractivity contribution in [1.82, 2.24) is 4.90 Å². The second kappa shape index (κ2) is 11.0. The quantitative estimate of drug-likeness (QED) is 0.495. The highest BCUT2D eigenvalue weighted by Gasteiger charge is 2.02. The first-order valence-electron chi connectivity index (χ1n) is 8.92. The molecule has 0 bridgehead atoms. The Bertz CT molecular complexity index is 628. The lowest BCUT2D eigenvalue weighted by molar-refractivity contribution is -0.115. The van der Waals surface area contributed by atoms with Crippen LogP contribution in [0.1, 0.15) is 25.3 Å². The summed E-state index contributed by atoms with van der Waals surface area (Å²) in [6.45, 7) is 4.07. The first kappa shape index (κ1) is 19.5.